The number of hydrogen-bond acceptors (Lipinski definition) is 5. The summed E-state index contributed by atoms with van der Waals surface area (Å²) in [5.41, 5.74) is 0.821. The summed E-state index contributed by atoms with van der Waals surface area (Å²) >= 11 is 6.81. The summed E-state index contributed by atoms with van der Waals surface area (Å²) in [6.45, 7) is 2.08. The zero-order chi connectivity index (χ0) is 12.3. The molecule has 0 spiro atoms. The smallest absolute Gasteiger partial charge is 0.369 e. The molecule has 0 N–H and O–H groups in total. The molecule has 1 aromatic carbocycles. The van der Waals surface area contributed by atoms with Crippen LogP contribution in [0.4, 0.5) is 0 Å². The second kappa shape index (κ2) is 5.25. The van der Waals surface area contributed by atoms with E-state index >= 15 is 0 Å². The highest BCUT2D eigenvalue weighted by Crippen LogP contribution is 2.20. The van der Waals surface area contributed by atoms with E-state index in [0.29, 0.717) is 17.5 Å². The van der Waals surface area contributed by atoms with E-state index in [1.54, 1.807) is 31.2 Å². The molecule has 2 aromatic rings. The molecule has 0 aliphatic heterocycles. The lowest BCUT2D eigenvalue weighted by Gasteiger charge is -1.96. The highest BCUT2D eigenvalue weighted by molar-refractivity contribution is 7.07. The van der Waals surface area contributed by atoms with Gasteiger partial charge in [0, 0.05) is 10.6 Å². The van der Waals surface area contributed by atoms with Crippen LogP contribution >= 0.6 is 23.1 Å². The average molecular weight is 269 g/mol. The summed E-state index contributed by atoms with van der Waals surface area (Å²) < 4.78 is 8.95. The highest BCUT2D eigenvalue weighted by Gasteiger charge is 2.14. The Morgan fingerprint density at radius 1 is 1.41 bits per heavy atom. The minimum atomic E-state index is -0.440. The fraction of sp³-hybridized carbons (Fsp3) is 0.182. The van der Waals surface area contributed by atoms with Crippen LogP contribution in [0.25, 0.3) is 11.4 Å². The van der Waals surface area contributed by atoms with Gasteiger partial charge in [0.15, 0.2) is 5.82 Å². The van der Waals surface area contributed by atoms with E-state index in [1.165, 1.54) is 0 Å². The summed E-state index contributed by atoms with van der Waals surface area (Å²) in [4.78, 5) is 15.5. The van der Waals surface area contributed by atoms with Gasteiger partial charge in [0.25, 0.3) is 0 Å². The van der Waals surface area contributed by atoms with Crippen molar-refractivity contribution in [1.29, 1.82) is 0 Å². The molecule has 0 fully saturated rings. The van der Waals surface area contributed by atoms with Crippen LogP contribution in [0.1, 0.15) is 16.7 Å². The van der Waals surface area contributed by atoms with Crippen LogP contribution in [0, 0.1) is 0 Å². The molecular formula is C11H9ClN2O2S. The summed E-state index contributed by atoms with van der Waals surface area (Å²) in [5, 5.41) is 0.909. The predicted molar refractivity (Wildman–Crippen MR) is 66.3 cm³/mol. The van der Waals surface area contributed by atoms with Crippen LogP contribution in [-0.4, -0.2) is 21.9 Å². The van der Waals surface area contributed by atoms with Gasteiger partial charge < -0.3 is 4.74 Å². The van der Waals surface area contributed by atoms with Gasteiger partial charge in [-0.2, -0.15) is 4.37 Å². The van der Waals surface area contributed by atoms with Crippen molar-refractivity contribution in [3.05, 3.63) is 34.3 Å². The topological polar surface area (TPSA) is 52.1 Å². The zero-order valence-electron chi connectivity index (χ0n) is 9.01. The van der Waals surface area contributed by atoms with Crippen LogP contribution in [0.2, 0.25) is 5.02 Å². The molecular weight excluding hydrogens is 260 g/mol. The molecule has 0 bridgehead atoms. The number of hydrogen-bond donors (Lipinski definition) is 0. The SMILES string of the molecule is CCOC(=O)c1nc(-c2ccc(Cl)cc2)ns1. The zero-order valence-corrected chi connectivity index (χ0v) is 10.6. The first kappa shape index (κ1) is 12.0. The van der Waals surface area contributed by atoms with E-state index in [-0.39, 0.29) is 5.01 Å². The molecule has 0 unspecified atom stereocenters. The molecule has 0 atom stereocenters. The Balaban J connectivity index is 2.23. The molecule has 6 heteroatoms. The van der Waals surface area contributed by atoms with E-state index in [4.69, 9.17) is 16.3 Å². The minimum Gasteiger partial charge on any atom is -0.461 e. The first-order chi connectivity index (χ1) is 8.20. The maximum Gasteiger partial charge on any atom is 0.369 e. The van der Waals surface area contributed by atoms with Gasteiger partial charge in [-0.3, -0.25) is 0 Å². The molecule has 0 amide bonds. The molecule has 0 saturated carbocycles. The van der Waals surface area contributed by atoms with E-state index in [2.05, 4.69) is 9.36 Å². The first-order valence-electron chi connectivity index (χ1n) is 4.97. The lowest BCUT2D eigenvalue weighted by molar-refractivity contribution is 0.0526. The lowest BCUT2D eigenvalue weighted by atomic mass is 10.2. The van der Waals surface area contributed by atoms with Crippen molar-refractivity contribution in [1.82, 2.24) is 9.36 Å². The fourth-order valence-electron chi connectivity index (χ4n) is 1.22. The van der Waals surface area contributed by atoms with Crippen LogP contribution in [0.5, 0.6) is 0 Å². The van der Waals surface area contributed by atoms with E-state index in [0.717, 1.165) is 17.1 Å². The normalized spacial score (nSPS) is 10.2. The van der Waals surface area contributed by atoms with Crippen LogP contribution in [0.3, 0.4) is 0 Å². The van der Waals surface area contributed by atoms with Crippen molar-refractivity contribution in [2.45, 2.75) is 6.92 Å². The summed E-state index contributed by atoms with van der Waals surface area (Å²) in [7, 11) is 0. The third-order valence-electron chi connectivity index (χ3n) is 1.98. The number of carbonyl (C=O) groups excluding carboxylic acids is 1. The third kappa shape index (κ3) is 2.81. The quantitative estimate of drug-likeness (QED) is 0.803. The fourth-order valence-corrected chi connectivity index (χ4v) is 1.92. The number of carbonyl (C=O) groups is 1. The largest absolute Gasteiger partial charge is 0.461 e. The Labute approximate surface area is 107 Å². The van der Waals surface area contributed by atoms with Crippen LogP contribution < -0.4 is 0 Å². The molecule has 1 aromatic heterocycles. The number of halogens is 1. The Kier molecular flexibility index (Phi) is 3.71. The summed E-state index contributed by atoms with van der Waals surface area (Å²) in [5.74, 6) is 0.0694. The van der Waals surface area contributed by atoms with Crippen molar-refractivity contribution in [3.63, 3.8) is 0 Å². The van der Waals surface area contributed by atoms with Crippen molar-refractivity contribution in [2.24, 2.45) is 0 Å². The molecule has 4 nitrogen and oxygen atoms in total. The lowest BCUT2D eigenvalue weighted by Crippen LogP contribution is -2.03. The van der Waals surface area contributed by atoms with Gasteiger partial charge >= 0.3 is 5.97 Å². The molecule has 88 valence electrons. The van der Waals surface area contributed by atoms with Gasteiger partial charge in [0.2, 0.25) is 5.01 Å². The van der Waals surface area contributed by atoms with E-state index in [1.807, 2.05) is 0 Å². The van der Waals surface area contributed by atoms with Crippen molar-refractivity contribution in [2.75, 3.05) is 6.61 Å². The van der Waals surface area contributed by atoms with Gasteiger partial charge in [-0.15, -0.1) is 0 Å². The van der Waals surface area contributed by atoms with Crippen molar-refractivity contribution in [3.8, 4) is 11.4 Å². The van der Waals surface area contributed by atoms with E-state index < -0.39 is 5.97 Å². The Morgan fingerprint density at radius 2 is 2.12 bits per heavy atom. The monoisotopic (exact) mass is 268 g/mol. The Bertz CT molecular complexity index is 525. The Morgan fingerprint density at radius 3 is 2.76 bits per heavy atom. The van der Waals surface area contributed by atoms with Gasteiger partial charge in [-0.25, -0.2) is 9.78 Å². The highest BCUT2D eigenvalue weighted by atomic mass is 35.5. The predicted octanol–water partition coefficient (Wildman–Crippen LogP) is 3.04. The number of aromatic nitrogens is 2. The molecule has 1 heterocycles. The van der Waals surface area contributed by atoms with Gasteiger partial charge in [-0.1, -0.05) is 11.6 Å². The first-order valence-corrected chi connectivity index (χ1v) is 6.12. The molecule has 0 radical (unpaired) electrons. The summed E-state index contributed by atoms with van der Waals surface area (Å²) in [6, 6.07) is 7.11. The maximum atomic E-state index is 11.4. The average Bonchev–Trinajstić information content (AvgIpc) is 2.80. The molecule has 2 rings (SSSR count). The molecule has 17 heavy (non-hydrogen) atoms. The van der Waals surface area contributed by atoms with Gasteiger partial charge in [0.1, 0.15) is 0 Å². The minimum absolute atomic E-state index is 0.261. The van der Waals surface area contributed by atoms with Crippen molar-refractivity contribution >= 4 is 29.1 Å². The number of nitrogens with zero attached hydrogens (tertiary/aromatic N) is 2. The number of ether oxygens (including phenoxy) is 1. The van der Waals surface area contributed by atoms with Crippen molar-refractivity contribution < 1.29 is 9.53 Å². The Hall–Kier alpha value is -1.46. The van der Waals surface area contributed by atoms with E-state index in [9.17, 15) is 4.79 Å². The maximum absolute atomic E-state index is 11.4. The number of esters is 1. The molecule has 0 aliphatic carbocycles. The van der Waals surface area contributed by atoms with Crippen LogP contribution in [0.15, 0.2) is 24.3 Å². The second-order valence-electron chi connectivity index (χ2n) is 3.15. The molecule has 0 saturated heterocycles. The van der Waals surface area contributed by atoms with Crippen LogP contribution in [-0.2, 0) is 4.74 Å². The number of benzene rings is 1. The van der Waals surface area contributed by atoms with Gasteiger partial charge in [0.05, 0.1) is 6.61 Å². The summed E-state index contributed by atoms with van der Waals surface area (Å²) in [6.07, 6.45) is 0. The number of rotatable bonds is 3. The standard InChI is InChI=1S/C11H9ClN2O2S/c1-2-16-11(15)10-13-9(14-17-10)7-3-5-8(12)6-4-7/h3-6H,2H2,1H3. The van der Waals surface area contributed by atoms with Gasteiger partial charge in [-0.05, 0) is 42.7 Å². The third-order valence-corrected chi connectivity index (χ3v) is 2.93. The second-order valence-corrected chi connectivity index (χ2v) is 4.34. The molecule has 0 aliphatic rings.